The third-order valence-corrected chi connectivity index (χ3v) is 11.9. The van der Waals surface area contributed by atoms with Crippen LogP contribution in [-0.2, 0) is 17.2 Å². The van der Waals surface area contributed by atoms with E-state index in [1.54, 1.807) is 0 Å². The molecule has 6 unspecified atom stereocenters. The van der Waals surface area contributed by atoms with E-state index in [2.05, 4.69) is 19.9 Å². The smallest absolute Gasteiger partial charge is 0.309 e. The molecule has 1 aromatic rings. The van der Waals surface area contributed by atoms with Crippen LogP contribution in [0.15, 0.2) is 18.2 Å². The summed E-state index contributed by atoms with van der Waals surface area (Å²) in [5, 5.41) is 20.0. The third kappa shape index (κ3) is 9.18. The first-order valence-corrected chi connectivity index (χ1v) is 17.9. The average Bonchev–Trinajstić information content (AvgIpc) is 3.23. The number of aryl methyl sites for hydroxylation is 1. The van der Waals surface area contributed by atoms with E-state index in [0.29, 0.717) is 23.3 Å². The maximum atomic E-state index is 13.0. The van der Waals surface area contributed by atoms with Crippen molar-refractivity contribution < 1.29 is 32.0 Å². The van der Waals surface area contributed by atoms with E-state index >= 15 is 0 Å². The van der Waals surface area contributed by atoms with Crippen molar-refractivity contribution in [3.63, 3.8) is 0 Å². The largest absolute Gasteiger partial charge is 0.508 e. The number of fused-ring (bicyclic) bond motifs is 5. The molecular formula is C34H54F4O3S. The molecule has 0 heterocycles. The molecule has 2 saturated carbocycles. The van der Waals surface area contributed by atoms with E-state index in [1.807, 2.05) is 12.1 Å². The van der Waals surface area contributed by atoms with Gasteiger partial charge in [0.25, 0.3) is 0 Å². The van der Waals surface area contributed by atoms with E-state index in [-0.39, 0.29) is 30.6 Å². The van der Waals surface area contributed by atoms with Crippen LogP contribution in [0.1, 0.15) is 134 Å². The van der Waals surface area contributed by atoms with Gasteiger partial charge in [0.1, 0.15) is 5.75 Å². The van der Waals surface area contributed by atoms with E-state index in [4.69, 9.17) is 0 Å². The van der Waals surface area contributed by atoms with Gasteiger partial charge in [-0.3, -0.25) is 4.21 Å². The van der Waals surface area contributed by atoms with Crippen LogP contribution in [0.4, 0.5) is 17.6 Å². The first-order valence-electron chi connectivity index (χ1n) is 16.4. The second-order valence-electron chi connectivity index (χ2n) is 13.5. The van der Waals surface area contributed by atoms with Crippen LogP contribution < -0.4 is 0 Å². The van der Waals surface area contributed by atoms with Gasteiger partial charge in [-0.2, -0.15) is 8.78 Å². The second kappa shape index (κ2) is 15.7. The zero-order valence-electron chi connectivity index (χ0n) is 26.0. The van der Waals surface area contributed by atoms with Crippen molar-refractivity contribution in [3.8, 4) is 5.75 Å². The lowest BCUT2D eigenvalue weighted by molar-refractivity contribution is -0.200. The molecule has 42 heavy (non-hydrogen) atoms. The molecule has 0 radical (unpaired) electrons. The molecule has 2 fully saturated rings. The van der Waals surface area contributed by atoms with Crippen molar-refractivity contribution >= 4 is 10.8 Å². The summed E-state index contributed by atoms with van der Waals surface area (Å²) in [5.74, 6) is -4.95. The monoisotopic (exact) mass is 618 g/mol. The second-order valence-corrected chi connectivity index (χ2v) is 15.2. The van der Waals surface area contributed by atoms with Crippen molar-refractivity contribution in [2.75, 3.05) is 11.5 Å². The summed E-state index contributed by atoms with van der Waals surface area (Å²) in [7, 11) is -1.17. The van der Waals surface area contributed by atoms with Crippen LogP contribution in [0.2, 0.25) is 0 Å². The SMILES string of the molecule is CC12CCC3c4ccc(O)cc4CCC3C1CCC2O.CCCCCCCCCCS(=O)CCCC(F)(F)C(C)(F)F. The third-order valence-electron chi connectivity index (χ3n) is 10.4. The Morgan fingerprint density at radius 3 is 2.24 bits per heavy atom. The lowest BCUT2D eigenvalue weighted by Crippen LogP contribution is -2.43. The molecule has 3 aliphatic carbocycles. The highest BCUT2D eigenvalue weighted by Gasteiger charge is 2.54. The van der Waals surface area contributed by atoms with Crippen LogP contribution in [0.5, 0.6) is 5.75 Å². The van der Waals surface area contributed by atoms with Crippen LogP contribution in [0.3, 0.4) is 0 Å². The minimum atomic E-state index is -4.01. The van der Waals surface area contributed by atoms with Crippen molar-refractivity contribution in [1.29, 1.82) is 0 Å². The van der Waals surface area contributed by atoms with Gasteiger partial charge in [0.05, 0.1) is 6.10 Å². The first-order chi connectivity index (χ1) is 19.8. The van der Waals surface area contributed by atoms with Crippen LogP contribution in [0.25, 0.3) is 0 Å². The molecule has 242 valence electrons. The molecule has 0 saturated heterocycles. The fraction of sp³-hybridized carbons (Fsp3) is 0.824. The number of unbranched alkanes of at least 4 members (excludes halogenated alkanes) is 7. The minimum Gasteiger partial charge on any atom is -0.508 e. The molecule has 0 aromatic heterocycles. The van der Waals surface area contributed by atoms with Crippen molar-refractivity contribution in [3.05, 3.63) is 29.3 Å². The maximum Gasteiger partial charge on any atom is 0.309 e. The molecule has 3 nitrogen and oxygen atoms in total. The Hall–Kier alpha value is -1.15. The summed E-state index contributed by atoms with van der Waals surface area (Å²) in [6.07, 6.45) is 14.9. The number of hydrogen-bond acceptors (Lipinski definition) is 3. The molecule has 4 rings (SSSR count). The molecule has 0 spiro atoms. The standard InChI is InChI=1S/C18H24O2.C16H30F4OS/c1-18-9-8-14-13-5-3-12(19)10-11(13)2-4-15(14)16(18)6-7-17(18)20;1-3-4-5-6-7-8-9-10-13-22(21)14-11-12-16(19,20)15(2,17)18/h3,5,10,14-17,19-20H,2,4,6-9H2,1H3;3-14H2,1-2H3. The number of phenols is 1. The van der Waals surface area contributed by atoms with Gasteiger partial charge < -0.3 is 10.2 Å². The summed E-state index contributed by atoms with van der Waals surface area (Å²) in [4.78, 5) is 0. The molecule has 6 atom stereocenters. The fourth-order valence-electron chi connectivity index (χ4n) is 7.71. The molecule has 2 N–H and O–H groups in total. The number of hydrogen-bond donors (Lipinski definition) is 2. The van der Waals surface area contributed by atoms with Crippen LogP contribution in [0, 0.1) is 17.3 Å². The summed E-state index contributed by atoms with van der Waals surface area (Å²) in [6, 6.07) is 5.96. The molecular weight excluding hydrogens is 564 g/mol. The summed E-state index contributed by atoms with van der Waals surface area (Å²) in [6.45, 7) is 4.72. The van der Waals surface area contributed by atoms with E-state index in [1.165, 1.54) is 62.5 Å². The first kappa shape index (κ1) is 35.3. The number of alkyl halides is 4. The number of aromatic hydroxyl groups is 1. The molecule has 3 aliphatic rings. The maximum absolute atomic E-state index is 13.0. The topological polar surface area (TPSA) is 57.5 Å². The summed E-state index contributed by atoms with van der Waals surface area (Å²) < 4.78 is 62.8. The van der Waals surface area contributed by atoms with Gasteiger partial charge >= 0.3 is 11.8 Å². The van der Waals surface area contributed by atoms with Crippen LogP contribution in [-0.4, -0.2) is 43.9 Å². The minimum absolute atomic E-state index is 0.0855. The molecule has 0 aliphatic heterocycles. The number of benzene rings is 1. The Labute approximate surface area is 253 Å². The van der Waals surface area contributed by atoms with E-state index in [0.717, 1.165) is 44.4 Å². The van der Waals surface area contributed by atoms with Crippen LogP contribution >= 0.6 is 0 Å². The quantitative estimate of drug-likeness (QED) is 0.161. The van der Waals surface area contributed by atoms with Crippen molar-refractivity contribution in [1.82, 2.24) is 0 Å². The Morgan fingerprint density at radius 2 is 1.57 bits per heavy atom. The normalized spacial score (nSPS) is 27.8. The average molecular weight is 619 g/mol. The van der Waals surface area contributed by atoms with E-state index in [9.17, 15) is 32.0 Å². The van der Waals surface area contributed by atoms with Gasteiger partial charge in [-0.15, -0.1) is 0 Å². The Bertz CT molecular complexity index is 997. The van der Waals surface area contributed by atoms with Gasteiger partial charge in [-0.25, -0.2) is 8.78 Å². The van der Waals surface area contributed by atoms with E-state index < -0.39 is 29.1 Å². The van der Waals surface area contributed by atoms with Crippen molar-refractivity contribution in [2.24, 2.45) is 17.3 Å². The predicted molar refractivity (Wildman–Crippen MR) is 164 cm³/mol. The Kier molecular flexibility index (Phi) is 13.2. The highest BCUT2D eigenvalue weighted by atomic mass is 32.2. The highest BCUT2D eigenvalue weighted by Crippen LogP contribution is 2.60. The Morgan fingerprint density at radius 1 is 0.929 bits per heavy atom. The molecule has 0 amide bonds. The van der Waals surface area contributed by atoms with Crippen molar-refractivity contribution in [2.45, 2.75) is 147 Å². The van der Waals surface area contributed by atoms with Gasteiger partial charge in [0, 0.05) is 35.6 Å². The number of rotatable bonds is 14. The molecule has 1 aromatic carbocycles. The van der Waals surface area contributed by atoms with Gasteiger partial charge in [0.2, 0.25) is 0 Å². The highest BCUT2D eigenvalue weighted by molar-refractivity contribution is 7.84. The number of aliphatic hydroxyl groups is 1. The van der Waals surface area contributed by atoms with Gasteiger partial charge in [-0.1, -0.05) is 64.9 Å². The summed E-state index contributed by atoms with van der Waals surface area (Å²) in [5.41, 5.74) is 2.99. The predicted octanol–water partition coefficient (Wildman–Crippen LogP) is 9.56. The van der Waals surface area contributed by atoms with Gasteiger partial charge in [0.15, 0.2) is 0 Å². The lowest BCUT2D eigenvalue weighted by atomic mass is 9.55. The molecule has 0 bridgehead atoms. The number of aliphatic hydroxyl groups excluding tert-OH is 1. The Balaban J connectivity index is 0.000000230. The zero-order valence-corrected chi connectivity index (χ0v) is 26.8. The summed E-state index contributed by atoms with van der Waals surface area (Å²) >= 11 is 0. The lowest BCUT2D eigenvalue weighted by Gasteiger charge is -2.50. The molecule has 8 heteroatoms. The fourth-order valence-corrected chi connectivity index (χ4v) is 8.91. The zero-order chi connectivity index (χ0) is 31.0. The number of phenolic OH excluding ortho intramolecular Hbond substituents is 1. The number of halogens is 4. The van der Waals surface area contributed by atoms with Gasteiger partial charge in [-0.05, 0) is 97.8 Å².